The lowest BCUT2D eigenvalue weighted by Gasteiger charge is -2.06. The minimum absolute atomic E-state index is 0.160. The quantitative estimate of drug-likeness (QED) is 0.708. The molecule has 1 amide bonds. The maximum absolute atomic E-state index is 12.3. The molecule has 106 valence electrons. The summed E-state index contributed by atoms with van der Waals surface area (Å²) < 4.78 is 0. The average Bonchev–Trinajstić information content (AvgIpc) is 2.80. The van der Waals surface area contributed by atoms with Crippen LogP contribution >= 0.6 is 11.6 Å². The van der Waals surface area contributed by atoms with Gasteiger partial charge >= 0.3 is 0 Å². The molecule has 0 aliphatic rings. The van der Waals surface area contributed by atoms with Crippen molar-refractivity contribution in [2.24, 2.45) is 0 Å². The summed E-state index contributed by atoms with van der Waals surface area (Å²) in [7, 11) is 0. The van der Waals surface area contributed by atoms with E-state index in [2.05, 4.69) is 16.4 Å². The van der Waals surface area contributed by atoms with Gasteiger partial charge in [-0.05, 0) is 61.4 Å². The number of aryl methyl sites for hydroxylation is 2. The van der Waals surface area contributed by atoms with Crippen molar-refractivity contribution in [3.63, 3.8) is 0 Å². The van der Waals surface area contributed by atoms with E-state index < -0.39 is 0 Å². The van der Waals surface area contributed by atoms with Crippen LogP contribution in [0.2, 0.25) is 5.02 Å². The molecule has 0 bridgehead atoms. The van der Waals surface area contributed by atoms with E-state index in [0.29, 0.717) is 10.7 Å². The maximum atomic E-state index is 12.3. The molecule has 0 atom stereocenters. The molecule has 0 aliphatic carbocycles. The summed E-state index contributed by atoms with van der Waals surface area (Å²) in [5.41, 5.74) is 4.45. The van der Waals surface area contributed by atoms with Gasteiger partial charge in [0.05, 0.1) is 0 Å². The molecule has 1 heterocycles. The van der Waals surface area contributed by atoms with E-state index in [-0.39, 0.29) is 5.91 Å². The molecule has 2 N–H and O–H groups in total. The van der Waals surface area contributed by atoms with Gasteiger partial charge in [0.25, 0.3) is 5.91 Å². The van der Waals surface area contributed by atoms with E-state index in [1.54, 1.807) is 12.1 Å². The van der Waals surface area contributed by atoms with Gasteiger partial charge in [0, 0.05) is 21.6 Å². The van der Waals surface area contributed by atoms with Crippen molar-refractivity contribution >= 4 is 34.1 Å². The number of hydrogen-bond donors (Lipinski definition) is 2. The van der Waals surface area contributed by atoms with Gasteiger partial charge < -0.3 is 10.3 Å². The summed E-state index contributed by atoms with van der Waals surface area (Å²) in [6, 6.07) is 13.3. The van der Waals surface area contributed by atoms with Crippen molar-refractivity contribution in [3.8, 4) is 0 Å². The molecule has 0 unspecified atom stereocenters. The number of fused-ring (bicyclic) bond motifs is 1. The molecule has 0 fully saturated rings. The third kappa shape index (κ3) is 2.93. The average molecular weight is 299 g/mol. The molecular weight excluding hydrogens is 284 g/mol. The van der Waals surface area contributed by atoms with Gasteiger partial charge in [-0.2, -0.15) is 0 Å². The standard InChI is InChI=1S/C17H15ClN2O/c1-10-5-11(2)7-14(6-10)19-17(21)16-9-12-8-13(18)3-4-15(12)20-16/h3-9,20H,1-2H3,(H,19,21). The molecule has 1 aromatic heterocycles. The molecule has 0 saturated carbocycles. The predicted molar refractivity (Wildman–Crippen MR) is 87.2 cm³/mol. The molecule has 3 nitrogen and oxygen atoms in total. The van der Waals surface area contributed by atoms with Crippen LogP contribution in [0.1, 0.15) is 21.6 Å². The van der Waals surface area contributed by atoms with Gasteiger partial charge in [0.1, 0.15) is 5.69 Å². The molecule has 2 aromatic carbocycles. The van der Waals surface area contributed by atoms with Crippen LogP contribution < -0.4 is 5.32 Å². The van der Waals surface area contributed by atoms with Gasteiger partial charge in [-0.3, -0.25) is 4.79 Å². The number of nitrogens with one attached hydrogen (secondary N) is 2. The number of aromatic amines is 1. The highest BCUT2D eigenvalue weighted by Gasteiger charge is 2.10. The summed E-state index contributed by atoms with van der Waals surface area (Å²) in [4.78, 5) is 15.4. The summed E-state index contributed by atoms with van der Waals surface area (Å²) in [5.74, 6) is -0.160. The fourth-order valence-electron chi connectivity index (χ4n) is 2.47. The Balaban J connectivity index is 1.89. The van der Waals surface area contributed by atoms with Crippen molar-refractivity contribution in [3.05, 3.63) is 64.3 Å². The Kier molecular flexibility index (Phi) is 3.43. The zero-order chi connectivity index (χ0) is 15.0. The SMILES string of the molecule is Cc1cc(C)cc(NC(=O)c2cc3cc(Cl)ccc3[nH]2)c1. The largest absolute Gasteiger partial charge is 0.351 e. The van der Waals surface area contributed by atoms with Crippen molar-refractivity contribution in [1.29, 1.82) is 0 Å². The number of halogens is 1. The first-order valence-corrected chi connectivity index (χ1v) is 7.07. The van der Waals surface area contributed by atoms with E-state index in [4.69, 9.17) is 11.6 Å². The number of benzene rings is 2. The Bertz CT molecular complexity index is 816. The summed E-state index contributed by atoms with van der Waals surface area (Å²) in [6.45, 7) is 4.02. The normalized spacial score (nSPS) is 10.8. The maximum Gasteiger partial charge on any atom is 0.272 e. The van der Waals surface area contributed by atoms with Crippen LogP contribution in [0.15, 0.2) is 42.5 Å². The number of H-pyrrole nitrogens is 1. The Morgan fingerprint density at radius 2 is 1.76 bits per heavy atom. The van der Waals surface area contributed by atoms with E-state index in [9.17, 15) is 4.79 Å². The summed E-state index contributed by atoms with van der Waals surface area (Å²) in [5, 5.41) is 4.49. The number of aromatic nitrogens is 1. The zero-order valence-corrected chi connectivity index (χ0v) is 12.6. The number of carbonyl (C=O) groups excluding carboxylic acids is 1. The first-order chi connectivity index (χ1) is 10.0. The zero-order valence-electron chi connectivity index (χ0n) is 11.8. The number of amides is 1. The molecule has 4 heteroatoms. The lowest BCUT2D eigenvalue weighted by Crippen LogP contribution is -2.12. The summed E-state index contributed by atoms with van der Waals surface area (Å²) in [6.07, 6.45) is 0. The predicted octanol–water partition coefficient (Wildman–Crippen LogP) is 4.69. The lowest BCUT2D eigenvalue weighted by atomic mass is 10.1. The topological polar surface area (TPSA) is 44.9 Å². The number of hydrogen-bond acceptors (Lipinski definition) is 1. The second-order valence-electron chi connectivity index (χ2n) is 5.25. The lowest BCUT2D eigenvalue weighted by molar-refractivity contribution is 0.102. The Morgan fingerprint density at radius 1 is 1.05 bits per heavy atom. The third-order valence-corrected chi connectivity index (χ3v) is 3.54. The van der Waals surface area contributed by atoms with E-state index in [1.165, 1.54) is 0 Å². The van der Waals surface area contributed by atoms with Crippen LogP contribution in [-0.4, -0.2) is 10.9 Å². The third-order valence-electron chi connectivity index (χ3n) is 3.31. The molecule has 0 aliphatic heterocycles. The van der Waals surface area contributed by atoms with Crippen LogP contribution in [0.3, 0.4) is 0 Å². The highest BCUT2D eigenvalue weighted by molar-refractivity contribution is 6.31. The van der Waals surface area contributed by atoms with Crippen molar-refractivity contribution in [2.75, 3.05) is 5.32 Å². The molecule has 0 saturated heterocycles. The Labute approximate surface area is 127 Å². The number of carbonyl (C=O) groups is 1. The molecule has 3 aromatic rings. The van der Waals surface area contributed by atoms with Crippen LogP contribution in [0, 0.1) is 13.8 Å². The second kappa shape index (κ2) is 5.26. The fourth-order valence-corrected chi connectivity index (χ4v) is 2.65. The first kappa shape index (κ1) is 13.7. The number of anilines is 1. The van der Waals surface area contributed by atoms with E-state index >= 15 is 0 Å². The molecular formula is C17H15ClN2O. The van der Waals surface area contributed by atoms with E-state index in [1.807, 2.05) is 38.1 Å². The fraction of sp³-hybridized carbons (Fsp3) is 0.118. The van der Waals surface area contributed by atoms with Crippen LogP contribution in [0.5, 0.6) is 0 Å². The second-order valence-corrected chi connectivity index (χ2v) is 5.68. The van der Waals surface area contributed by atoms with Gasteiger partial charge in [0.2, 0.25) is 0 Å². The van der Waals surface area contributed by atoms with Gasteiger partial charge in [0.15, 0.2) is 0 Å². The van der Waals surface area contributed by atoms with Gasteiger partial charge in [-0.15, -0.1) is 0 Å². The molecule has 0 spiro atoms. The highest BCUT2D eigenvalue weighted by Crippen LogP contribution is 2.21. The first-order valence-electron chi connectivity index (χ1n) is 6.69. The van der Waals surface area contributed by atoms with Crippen molar-refractivity contribution in [1.82, 2.24) is 4.98 Å². The molecule has 3 rings (SSSR count). The molecule has 21 heavy (non-hydrogen) atoms. The van der Waals surface area contributed by atoms with Crippen LogP contribution in [0.4, 0.5) is 5.69 Å². The Morgan fingerprint density at radius 3 is 2.48 bits per heavy atom. The van der Waals surface area contributed by atoms with Gasteiger partial charge in [-0.1, -0.05) is 17.7 Å². The van der Waals surface area contributed by atoms with Crippen LogP contribution in [0.25, 0.3) is 10.9 Å². The van der Waals surface area contributed by atoms with Crippen molar-refractivity contribution < 1.29 is 4.79 Å². The molecule has 0 radical (unpaired) electrons. The van der Waals surface area contributed by atoms with Gasteiger partial charge in [-0.25, -0.2) is 0 Å². The summed E-state index contributed by atoms with van der Waals surface area (Å²) >= 11 is 5.96. The van der Waals surface area contributed by atoms with Crippen molar-refractivity contribution in [2.45, 2.75) is 13.8 Å². The number of rotatable bonds is 2. The smallest absolute Gasteiger partial charge is 0.272 e. The highest BCUT2D eigenvalue weighted by atomic mass is 35.5. The monoisotopic (exact) mass is 298 g/mol. The Hall–Kier alpha value is -2.26. The minimum Gasteiger partial charge on any atom is -0.351 e. The minimum atomic E-state index is -0.160. The van der Waals surface area contributed by atoms with Crippen LogP contribution in [-0.2, 0) is 0 Å². The van der Waals surface area contributed by atoms with E-state index in [0.717, 1.165) is 27.7 Å².